The van der Waals surface area contributed by atoms with Crippen LogP contribution in [0.2, 0.25) is 0 Å². The quantitative estimate of drug-likeness (QED) is 0.919. The van der Waals surface area contributed by atoms with Gasteiger partial charge in [0.15, 0.2) is 0 Å². The lowest BCUT2D eigenvalue weighted by Gasteiger charge is -2.32. The number of amides is 1. The molecule has 25 heavy (non-hydrogen) atoms. The molecule has 1 unspecified atom stereocenters. The summed E-state index contributed by atoms with van der Waals surface area (Å²) in [6, 6.07) is -0.0990. The minimum Gasteiger partial charge on any atom is -0.365 e. The second kappa shape index (κ2) is 6.50. The van der Waals surface area contributed by atoms with Gasteiger partial charge in [0.2, 0.25) is 5.92 Å². The number of alkyl halides is 2. The Bertz CT molecular complexity index is 779. The molecule has 0 bridgehead atoms. The van der Waals surface area contributed by atoms with Crippen molar-refractivity contribution in [3.63, 3.8) is 0 Å². The van der Waals surface area contributed by atoms with Gasteiger partial charge < -0.3 is 5.73 Å². The van der Waals surface area contributed by atoms with E-state index in [1.165, 1.54) is 0 Å². The molecule has 1 atom stereocenters. The van der Waals surface area contributed by atoms with Crippen molar-refractivity contribution in [2.45, 2.75) is 51.5 Å². The van der Waals surface area contributed by atoms with Crippen LogP contribution in [-0.4, -0.2) is 31.8 Å². The van der Waals surface area contributed by atoms with Crippen molar-refractivity contribution in [1.82, 2.24) is 20.0 Å². The molecule has 2 aromatic rings. The Kier molecular flexibility index (Phi) is 4.53. The van der Waals surface area contributed by atoms with Crippen LogP contribution in [0.3, 0.4) is 0 Å². The van der Waals surface area contributed by atoms with Crippen molar-refractivity contribution in [2.24, 2.45) is 11.7 Å². The number of aryl methyl sites for hydroxylation is 1. The molecule has 0 aliphatic heterocycles. The van der Waals surface area contributed by atoms with Gasteiger partial charge in [-0.3, -0.25) is 9.48 Å². The lowest BCUT2D eigenvalue weighted by molar-refractivity contribution is -0.0510. The molecule has 2 N–H and O–H groups in total. The van der Waals surface area contributed by atoms with E-state index >= 15 is 0 Å². The molecule has 0 radical (unpaired) electrons. The smallest absolute Gasteiger partial charge is 0.252 e. The molecule has 0 aromatic carbocycles. The van der Waals surface area contributed by atoms with E-state index < -0.39 is 11.8 Å². The number of aromatic nitrogens is 4. The van der Waals surface area contributed by atoms with Gasteiger partial charge in [-0.05, 0) is 38.2 Å². The maximum absolute atomic E-state index is 13.4. The van der Waals surface area contributed by atoms with Gasteiger partial charge in [-0.15, -0.1) is 0 Å². The molecule has 1 fully saturated rings. The summed E-state index contributed by atoms with van der Waals surface area (Å²) in [5.74, 6) is -3.06. The number of carbonyl (C=O) groups is 1. The molecule has 0 saturated heterocycles. The molecular weight excluding hydrogens is 328 g/mol. The van der Waals surface area contributed by atoms with Crippen LogP contribution >= 0.6 is 0 Å². The van der Waals surface area contributed by atoms with Crippen molar-refractivity contribution in [2.75, 3.05) is 0 Å². The molecule has 3 rings (SSSR count). The first kappa shape index (κ1) is 17.4. The summed E-state index contributed by atoms with van der Waals surface area (Å²) in [5.41, 5.74) is 7.76. The van der Waals surface area contributed by atoms with E-state index in [0.29, 0.717) is 29.7 Å². The highest BCUT2D eigenvalue weighted by atomic mass is 19.3. The lowest BCUT2D eigenvalue weighted by Crippen LogP contribution is -2.29. The van der Waals surface area contributed by atoms with Crippen molar-refractivity contribution < 1.29 is 13.6 Å². The SMILES string of the molecule is Cc1cnncc1-c1nn(C(C)C2CCC(F)(F)CC2)cc1C(N)=O. The average molecular weight is 349 g/mol. The van der Waals surface area contributed by atoms with E-state index in [9.17, 15) is 13.6 Å². The lowest BCUT2D eigenvalue weighted by atomic mass is 9.83. The molecule has 1 saturated carbocycles. The highest BCUT2D eigenvalue weighted by molar-refractivity contribution is 5.98. The summed E-state index contributed by atoms with van der Waals surface area (Å²) in [6.45, 7) is 3.79. The maximum atomic E-state index is 13.4. The highest BCUT2D eigenvalue weighted by Crippen LogP contribution is 2.40. The number of carbonyl (C=O) groups excluding carboxylic acids is 1. The van der Waals surface area contributed by atoms with Crippen molar-refractivity contribution in [3.8, 4) is 11.3 Å². The zero-order valence-corrected chi connectivity index (χ0v) is 14.2. The van der Waals surface area contributed by atoms with Gasteiger partial charge in [-0.2, -0.15) is 15.3 Å². The molecule has 0 spiro atoms. The van der Waals surface area contributed by atoms with Crippen LogP contribution in [0.5, 0.6) is 0 Å². The summed E-state index contributed by atoms with van der Waals surface area (Å²) in [7, 11) is 0. The topological polar surface area (TPSA) is 86.7 Å². The van der Waals surface area contributed by atoms with Gasteiger partial charge in [0.1, 0.15) is 5.69 Å². The fraction of sp³-hybridized carbons (Fsp3) is 0.529. The van der Waals surface area contributed by atoms with E-state index in [0.717, 1.165) is 5.56 Å². The molecule has 1 aliphatic rings. The molecule has 8 heteroatoms. The number of halogens is 2. The Morgan fingerprint density at radius 1 is 1.32 bits per heavy atom. The normalized spacial score (nSPS) is 18.9. The van der Waals surface area contributed by atoms with Crippen LogP contribution in [0.1, 0.15) is 54.6 Å². The summed E-state index contributed by atoms with van der Waals surface area (Å²) < 4.78 is 28.4. The largest absolute Gasteiger partial charge is 0.365 e. The van der Waals surface area contributed by atoms with Crippen LogP contribution < -0.4 is 5.73 Å². The highest BCUT2D eigenvalue weighted by Gasteiger charge is 2.37. The van der Waals surface area contributed by atoms with Crippen LogP contribution in [0, 0.1) is 12.8 Å². The summed E-state index contributed by atoms with van der Waals surface area (Å²) in [5, 5.41) is 12.2. The third kappa shape index (κ3) is 3.52. The standard InChI is InChI=1S/C17H21F2N5O/c1-10-7-21-22-8-13(10)15-14(16(20)25)9-24(23-15)11(2)12-3-5-17(18,19)6-4-12/h7-9,11-12H,3-6H2,1-2H3,(H2,20,25). The van der Waals surface area contributed by atoms with Gasteiger partial charge in [0, 0.05) is 24.6 Å². The van der Waals surface area contributed by atoms with E-state index in [1.54, 1.807) is 23.3 Å². The number of hydrogen-bond acceptors (Lipinski definition) is 4. The van der Waals surface area contributed by atoms with Gasteiger partial charge >= 0.3 is 0 Å². The maximum Gasteiger partial charge on any atom is 0.252 e. The molecule has 6 nitrogen and oxygen atoms in total. The van der Waals surface area contributed by atoms with Crippen LogP contribution in [0.25, 0.3) is 11.3 Å². The van der Waals surface area contributed by atoms with Crippen molar-refractivity contribution >= 4 is 5.91 Å². The Balaban J connectivity index is 1.92. The van der Waals surface area contributed by atoms with Crippen molar-refractivity contribution in [3.05, 3.63) is 29.7 Å². The Hall–Kier alpha value is -2.38. The van der Waals surface area contributed by atoms with Gasteiger partial charge in [-0.1, -0.05) is 0 Å². The fourth-order valence-electron chi connectivity index (χ4n) is 3.37. The van der Waals surface area contributed by atoms with Crippen LogP contribution in [0.15, 0.2) is 18.6 Å². The molecular formula is C17H21F2N5O. The third-order valence-corrected chi connectivity index (χ3v) is 5.04. The van der Waals surface area contributed by atoms with Crippen LogP contribution in [-0.2, 0) is 0 Å². The molecule has 134 valence electrons. The number of nitrogens with two attached hydrogens (primary N) is 1. The van der Waals surface area contributed by atoms with Gasteiger partial charge in [0.05, 0.1) is 24.0 Å². The number of hydrogen-bond donors (Lipinski definition) is 1. The van der Waals surface area contributed by atoms with E-state index in [4.69, 9.17) is 5.73 Å². The van der Waals surface area contributed by atoms with E-state index in [2.05, 4.69) is 15.3 Å². The fourth-order valence-corrected chi connectivity index (χ4v) is 3.37. The zero-order chi connectivity index (χ0) is 18.2. The van der Waals surface area contributed by atoms with Crippen molar-refractivity contribution in [1.29, 1.82) is 0 Å². The summed E-state index contributed by atoms with van der Waals surface area (Å²) in [6.07, 6.45) is 5.40. The first-order chi connectivity index (χ1) is 11.8. The number of rotatable bonds is 4. The Labute approximate surface area is 144 Å². The van der Waals surface area contributed by atoms with E-state index in [1.807, 2.05) is 13.8 Å². The second-order valence-corrected chi connectivity index (χ2v) is 6.76. The Morgan fingerprint density at radius 3 is 2.56 bits per heavy atom. The molecule has 1 aliphatic carbocycles. The second-order valence-electron chi connectivity index (χ2n) is 6.76. The molecule has 2 aromatic heterocycles. The zero-order valence-electron chi connectivity index (χ0n) is 14.2. The van der Waals surface area contributed by atoms with Gasteiger partial charge in [0.25, 0.3) is 5.91 Å². The van der Waals surface area contributed by atoms with Gasteiger partial charge in [-0.25, -0.2) is 8.78 Å². The monoisotopic (exact) mass is 349 g/mol. The molecule has 1 amide bonds. The predicted molar refractivity (Wildman–Crippen MR) is 88.1 cm³/mol. The average Bonchev–Trinajstić information content (AvgIpc) is 3.00. The van der Waals surface area contributed by atoms with Crippen LogP contribution in [0.4, 0.5) is 8.78 Å². The minimum absolute atomic E-state index is 0.0877. The number of primary amides is 1. The number of nitrogens with zero attached hydrogens (tertiary/aromatic N) is 4. The summed E-state index contributed by atoms with van der Waals surface area (Å²) >= 11 is 0. The summed E-state index contributed by atoms with van der Waals surface area (Å²) in [4.78, 5) is 11.8. The first-order valence-corrected chi connectivity index (χ1v) is 8.33. The predicted octanol–water partition coefficient (Wildman–Crippen LogP) is 3.13. The Morgan fingerprint density at radius 2 is 1.96 bits per heavy atom. The third-order valence-electron chi connectivity index (χ3n) is 5.04. The molecule has 2 heterocycles. The first-order valence-electron chi connectivity index (χ1n) is 8.33. The van der Waals surface area contributed by atoms with E-state index in [-0.39, 0.29) is 24.8 Å². The minimum atomic E-state index is -2.57.